The van der Waals surface area contributed by atoms with E-state index in [1.807, 2.05) is 36.4 Å². The summed E-state index contributed by atoms with van der Waals surface area (Å²) >= 11 is 0. The van der Waals surface area contributed by atoms with Crippen LogP contribution in [0.1, 0.15) is 78.3 Å². The Balaban J connectivity index is 1.33. The Kier molecular flexibility index (Phi) is 11.7. The SMILES string of the molecule is COc1ccc2[nH]c(C(=O)OCCCCCCCCCOC(=O)c3ccccc3)c(CCNC(C)=O)c2c1. The Morgan fingerprint density at radius 1 is 0.816 bits per heavy atom. The van der Waals surface area contributed by atoms with Gasteiger partial charge in [-0.25, -0.2) is 9.59 Å². The monoisotopic (exact) mass is 522 g/mol. The third-order valence-electron chi connectivity index (χ3n) is 6.33. The van der Waals surface area contributed by atoms with E-state index in [4.69, 9.17) is 14.2 Å². The molecule has 2 N–H and O–H groups in total. The first-order valence-electron chi connectivity index (χ1n) is 13.3. The van der Waals surface area contributed by atoms with Crippen LogP contribution in [-0.2, 0) is 20.7 Å². The Labute approximate surface area is 224 Å². The molecule has 0 saturated heterocycles. The molecule has 38 heavy (non-hydrogen) atoms. The molecule has 0 unspecified atom stereocenters. The predicted molar refractivity (Wildman–Crippen MR) is 147 cm³/mol. The second-order valence-electron chi connectivity index (χ2n) is 9.24. The summed E-state index contributed by atoms with van der Waals surface area (Å²) in [6.07, 6.45) is 7.40. The van der Waals surface area contributed by atoms with Gasteiger partial charge in [0.2, 0.25) is 5.91 Å². The van der Waals surface area contributed by atoms with Crippen LogP contribution in [0.3, 0.4) is 0 Å². The molecule has 204 valence electrons. The number of hydrogen-bond acceptors (Lipinski definition) is 6. The lowest BCUT2D eigenvalue weighted by Gasteiger charge is -2.08. The van der Waals surface area contributed by atoms with Crippen molar-refractivity contribution in [3.8, 4) is 5.75 Å². The molecular weight excluding hydrogens is 484 g/mol. The van der Waals surface area contributed by atoms with E-state index >= 15 is 0 Å². The van der Waals surface area contributed by atoms with Gasteiger partial charge in [0.05, 0.1) is 25.9 Å². The van der Waals surface area contributed by atoms with E-state index in [0.29, 0.717) is 43.2 Å². The van der Waals surface area contributed by atoms with Crippen molar-refractivity contribution in [1.82, 2.24) is 10.3 Å². The number of methoxy groups -OCH3 is 1. The number of fused-ring (bicyclic) bond motifs is 1. The minimum Gasteiger partial charge on any atom is -0.497 e. The van der Waals surface area contributed by atoms with Gasteiger partial charge >= 0.3 is 11.9 Å². The highest BCUT2D eigenvalue weighted by atomic mass is 16.5. The number of amides is 1. The minimum atomic E-state index is -0.386. The van der Waals surface area contributed by atoms with Crippen molar-refractivity contribution in [2.24, 2.45) is 0 Å². The molecular formula is C30H38N2O6. The number of ether oxygens (including phenoxy) is 3. The van der Waals surface area contributed by atoms with E-state index in [1.165, 1.54) is 6.92 Å². The molecule has 1 aromatic heterocycles. The van der Waals surface area contributed by atoms with Crippen LogP contribution in [0.4, 0.5) is 0 Å². The Hall–Kier alpha value is -3.81. The highest BCUT2D eigenvalue weighted by Gasteiger charge is 2.19. The second-order valence-corrected chi connectivity index (χ2v) is 9.24. The number of hydrogen-bond donors (Lipinski definition) is 2. The lowest BCUT2D eigenvalue weighted by molar-refractivity contribution is -0.118. The van der Waals surface area contributed by atoms with Crippen LogP contribution in [0.25, 0.3) is 10.9 Å². The minimum absolute atomic E-state index is 0.113. The molecule has 3 rings (SSSR count). The normalized spacial score (nSPS) is 10.8. The summed E-state index contributed by atoms with van der Waals surface area (Å²) in [6, 6.07) is 14.6. The van der Waals surface area contributed by atoms with Gasteiger partial charge in [0.1, 0.15) is 11.4 Å². The molecule has 0 radical (unpaired) electrons. The van der Waals surface area contributed by atoms with Gasteiger partial charge in [0, 0.05) is 24.4 Å². The number of aromatic nitrogens is 1. The van der Waals surface area contributed by atoms with Crippen LogP contribution < -0.4 is 10.1 Å². The van der Waals surface area contributed by atoms with Crippen LogP contribution >= 0.6 is 0 Å². The standard InChI is InChI=1S/C30H38N2O6/c1-22(33)31-18-17-25-26-21-24(36-2)15-16-27(26)32-28(25)30(35)38-20-12-7-5-3-4-6-11-19-37-29(34)23-13-9-8-10-14-23/h8-10,13-16,21,32H,3-7,11-12,17-20H2,1-2H3,(H,31,33). The zero-order valence-electron chi connectivity index (χ0n) is 22.3. The first-order chi connectivity index (χ1) is 18.5. The molecule has 0 aliphatic rings. The predicted octanol–water partition coefficient (Wildman–Crippen LogP) is 5.60. The summed E-state index contributed by atoms with van der Waals surface area (Å²) in [7, 11) is 1.60. The molecule has 0 aliphatic heterocycles. The van der Waals surface area contributed by atoms with E-state index in [0.717, 1.165) is 61.4 Å². The summed E-state index contributed by atoms with van der Waals surface area (Å²) in [5.74, 6) is -0.0707. The highest BCUT2D eigenvalue weighted by Crippen LogP contribution is 2.27. The molecule has 0 atom stereocenters. The fraction of sp³-hybridized carbons (Fsp3) is 0.433. The smallest absolute Gasteiger partial charge is 0.355 e. The maximum Gasteiger partial charge on any atom is 0.355 e. The number of benzene rings is 2. The van der Waals surface area contributed by atoms with Gasteiger partial charge in [-0.1, -0.05) is 50.3 Å². The topological polar surface area (TPSA) is 107 Å². The Morgan fingerprint density at radius 2 is 1.45 bits per heavy atom. The van der Waals surface area contributed by atoms with Crippen LogP contribution in [-0.4, -0.2) is 49.7 Å². The third kappa shape index (κ3) is 8.94. The highest BCUT2D eigenvalue weighted by molar-refractivity contribution is 5.98. The Morgan fingerprint density at radius 3 is 2.08 bits per heavy atom. The van der Waals surface area contributed by atoms with Gasteiger partial charge in [-0.3, -0.25) is 4.79 Å². The number of unbranched alkanes of at least 4 members (excludes halogenated alkanes) is 6. The van der Waals surface area contributed by atoms with E-state index in [-0.39, 0.29) is 17.8 Å². The number of H-pyrrole nitrogens is 1. The van der Waals surface area contributed by atoms with Crippen LogP contribution in [0.2, 0.25) is 0 Å². The molecule has 2 aromatic carbocycles. The molecule has 0 fully saturated rings. The summed E-state index contributed by atoms with van der Waals surface area (Å²) in [5, 5.41) is 3.67. The van der Waals surface area contributed by atoms with E-state index in [2.05, 4.69) is 10.3 Å². The fourth-order valence-corrected chi connectivity index (χ4v) is 4.30. The van der Waals surface area contributed by atoms with Crippen LogP contribution in [0, 0.1) is 0 Å². The van der Waals surface area contributed by atoms with Crippen molar-refractivity contribution in [1.29, 1.82) is 0 Å². The third-order valence-corrected chi connectivity index (χ3v) is 6.33. The summed E-state index contributed by atoms with van der Waals surface area (Å²) in [6.45, 7) is 2.70. The zero-order valence-corrected chi connectivity index (χ0v) is 22.3. The van der Waals surface area contributed by atoms with E-state index in [1.54, 1.807) is 19.2 Å². The van der Waals surface area contributed by atoms with Crippen molar-refractivity contribution >= 4 is 28.7 Å². The van der Waals surface area contributed by atoms with Crippen molar-refractivity contribution in [3.63, 3.8) is 0 Å². The summed E-state index contributed by atoms with van der Waals surface area (Å²) in [5.41, 5.74) is 2.64. The largest absolute Gasteiger partial charge is 0.497 e. The fourth-order valence-electron chi connectivity index (χ4n) is 4.30. The quantitative estimate of drug-likeness (QED) is 0.187. The maximum atomic E-state index is 12.9. The lowest BCUT2D eigenvalue weighted by atomic mass is 10.1. The molecule has 0 saturated carbocycles. The summed E-state index contributed by atoms with van der Waals surface area (Å²) in [4.78, 5) is 39.2. The summed E-state index contributed by atoms with van der Waals surface area (Å²) < 4.78 is 16.2. The number of carbonyl (C=O) groups is 3. The van der Waals surface area contributed by atoms with Gasteiger partial charge in [0.15, 0.2) is 0 Å². The zero-order chi connectivity index (χ0) is 27.2. The number of aromatic amines is 1. The van der Waals surface area contributed by atoms with Crippen molar-refractivity contribution < 1.29 is 28.6 Å². The van der Waals surface area contributed by atoms with E-state index < -0.39 is 0 Å². The van der Waals surface area contributed by atoms with Gasteiger partial charge in [-0.15, -0.1) is 0 Å². The first kappa shape index (κ1) is 28.8. The molecule has 1 amide bonds. The molecule has 1 heterocycles. The van der Waals surface area contributed by atoms with E-state index in [9.17, 15) is 14.4 Å². The maximum absolute atomic E-state index is 12.9. The van der Waals surface area contributed by atoms with Crippen LogP contribution in [0.5, 0.6) is 5.75 Å². The molecule has 3 aromatic rings. The van der Waals surface area contributed by atoms with Gasteiger partial charge < -0.3 is 24.5 Å². The van der Waals surface area contributed by atoms with Gasteiger partial charge in [0.25, 0.3) is 0 Å². The molecule has 0 bridgehead atoms. The van der Waals surface area contributed by atoms with Crippen molar-refractivity contribution in [2.75, 3.05) is 26.9 Å². The number of nitrogens with one attached hydrogen (secondary N) is 2. The van der Waals surface area contributed by atoms with Crippen molar-refractivity contribution in [3.05, 3.63) is 65.4 Å². The molecule has 0 aliphatic carbocycles. The van der Waals surface area contributed by atoms with Gasteiger partial charge in [-0.2, -0.15) is 0 Å². The average Bonchev–Trinajstić information content (AvgIpc) is 3.29. The van der Waals surface area contributed by atoms with Crippen LogP contribution in [0.15, 0.2) is 48.5 Å². The molecule has 8 heteroatoms. The van der Waals surface area contributed by atoms with Crippen molar-refractivity contribution in [2.45, 2.75) is 58.3 Å². The second kappa shape index (κ2) is 15.4. The number of rotatable bonds is 16. The molecule has 0 spiro atoms. The Bertz CT molecular complexity index is 1190. The van der Waals surface area contributed by atoms with Gasteiger partial charge in [-0.05, 0) is 55.2 Å². The number of esters is 2. The molecule has 8 nitrogen and oxygen atoms in total. The average molecular weight is 523 g/mol. The first-order valence-corrected chi connectivity index (χ1v) is 13.3. The number of carbonyl (C=O) groups excluding carboxylic acids is 3. The lowest BCUT2D eigenvalue weighted by Crippen LogP contribution is -2.23.